The number of Topliss-reactive ketones (excluding diaryl/α,β-unsaturated/α-hetero) is 1. The molecule has 0 aliphatic heterocycles. The van der Waals surface area contributed by atoms with Crippen molar-refractivity contribution in [3.05, 3.63) is 129 Å². The number of carbonyl (C=O) groups is 1. The van der Waals surface area contributed by atoms with Crippen molar-refractivity contribution in [1.29, 1.82) is 0 Å². The number of carbonyl (C=O) groups excluding carboxylic acids is 1. The van der Waals surface area contributed by atoms with Gasteiger partial charge in [-0.2, -0.15) is 0 Å². The molecule has 1 aromatic heterocycles. The number of aryl methyl sites for hydroxylation is 2. The average molecular weight is 510 g/mol. The molecule has 7 heteroatoms. The van der Waals surface area contributed by atoms with E-state index in [4.69, 9.17) is 4.84 Å². The van der Waals surface area contributed by atoms with Gasteiger partial charge < -0.3 is 9.40 Å². The van der Waals surface area contributed by atoms with Crippen LogP contribution in [0.25, 0.3) is 0 Å². The van der Waals surface area contributed by atoms with Crippen LogP contribution in [0.4, 0.5) is 5.69 Å². The Hall–Kier alpha value is -4.52. The van der Waals surface area contributed by atoms with Gasteiger partial charge >= 0.3 is 0 Å². The van der Waals surface area contributed by atoms with E-state index in [1.807, 2.05) is 61.5 Å². The summed E-state index contributed by atoms with van der Waals surface area (Å²) in [7, 11) is 0. The van der Waals surface area contributed by atoms with Crippen molar-refractivity contribution >= 4 is 17.7 Å². The third-order valence-corrected chi connectivity index (χ3v) is 6.33. The van der Waals surface area contributed by atoms with Crippen LogP contribution in [0.1, 0.15) is 64.6 Å². The Bertz CT molecular complexity index is 1440. The summed E-state index contributed by atoms with van der Waals surface area (Å²) in [6.07, 6.45) is 2.31. The molecule has 7 nitrogen and oxygen atoms in total. The molecular weight excluding hydrogens is 478 g/mol. The van der Waals surface area contributed by atoms with Gasteiger partial charge in [0.2, 0.25) is 0 Å². The SMILES string of the molecule is Cc1ccc(ON=Cc2cc(C(=O)CCc3cccc([N+](=O)[O-])c3)c(C(C)C)n2Cc2ccccc2)cc1. The maximum Gasteiger partial charge on any atom is 0.269 e. The summed E-state index contributed by atoms with van der Waals surface area (Å²) < 4.78 is 2.11. The van der Waals surface area contributed by atoms with Gasteiger partial charge in [0.1, 0.15) is 0 Å². The fraction of sp³-hybridized carbons (Fsp3) is 0.226. The second-order valence-electron chi connectivity index (χ2n) is 9.58. The lowest BCUT2D eigenvalue weighted by Crippen LogP contribution is -2.12. The smallest absolute Gasteiger partial charge is 0.269 e. The fourth-order valence-corrected chi connectivity index (χ4v) is 4.44. The highest BCUT2D eigenvalue weighted by Crippen LogP contribution is 2.27. The molecule has 3 aromatic carbocycles. The van der Waals surface area contributed by atoms with Crippen LogP contribution in [0.15, 0.2) is 90.1 Å². The Labute approximate surface area is 222 Å². The normalized spacial score (nSPS) is 11.3. The lowest BCUT2D eigenvalue weighted by molar-refractivity contribution is -0.384. The highest BCUT2D eigenvalue weighted by atomic mass is 16.6. The van der Waals surface area contributed by atoms with Crippen LogP contribution in [-0.4, -0.2) is 21.5 Å². The van der Waals surface area contributed by atoms with E-state index in [-0.39, 0.29) is 23.8 Å². The molecule has 0 spiro atoms. The molecule has 1 heterocycles. The maximum atomic E-state index is 13.5. The number of hydrogen-bond donors (Lipinski definition) is 0. The number of nitro benzene ring substituents is 1. The summed E-state index contributed by atoms with van der Waals surface area (Å²) in [5, 5.41) is 15.3. The maximum absolute atomic E-state index is 13.5. The van der Waals surface area contributed by atoms with Crippen molar-refractivity contribution in [1.82, 2.24) is 4.57 Å². The van der Waals surface area contributed by atoms with Crippen LogP contribution in [0.2, 0.25) is 0 Å². The average Bonchev–Trinajstić information content (AvgIpc) is 3.27. The van der Waals surface area contributed by atoms with Gasteiger partial charge in [-0.3, -0.25) is 14.9 Å². The van der Waals surface area contributed by atoms with Crippen LogP contribution in [0.5, 0.6) is 5.75 Å². The predicted octanol–water partition coefficient (Wildman–Crippen LogP) is 7.10. The molecule has 0 saturated heterocycles. The number of nitrogens with zero attached hydrogens (tertiary/aromatic N) is 3. The quantitative estimate of drug-likeness (QED) is 0.0933. The van der Waals surface area contributed by atoms with Gasteiger partial charge in [0.25, 0.3) is 5.69 Å². The van der Waals surface area contributed by atoms with Crippen LogP contribution in [0, 0.1) is 17.0 Å². The number of non-ortho nitro benzene ring substituents is 1. The molecular formula is C31H31N3O4. The first kappa shape index (κ1) is 26.5. The third kappa shape index (κ3) is 6.62. The van der Waals surface area contributed by atoms with E-state index in [0.29, 0.717) is 24.3 Å². The van der Waals surface area contributed by atoms with Crippen molar-refractivity contribution in [2.24, 2.45) is 5.16 Å². The van der Waals surface area contributed by atoms with E-state index < -0.39 is 4.92 Å². The Balaban J connectivity index is 1.64. The van der Waals surface area contributed by atoms with Gasteiger partial charge in [0.15, 0.2) is 11.5 Å². The zero-order chi connectivity index (χ0) is 27.1. The topological polar surface area (TPSA) is 86.7 Å². The summed E-state index contributed by atoms with van der Waals surface area (Å²) in [6.45, 7) is 6.72. The Morgan fingerprint density at radius 2 is 1.71 bits per heavy atom. The zero-order valence-corrected chi connectivity index (χ0v) is 21.8. The van der Waals surface area contributed by atoms with E-state index in [9.17, 15) is 14.9 Å². The number of hydrogen-bond acceptors (Lipinski definition) is 5. The van der Waals surface area contributed by atoms with Crippen molar-refractivity contribution in [3.8, 4) is 5.75 Å². The van der Waals surface area contributed by atoms with Crippen LogP contribution in [-0.2, 0) is 13.0 Å². The summed E-state index contributed by atoms with van der Waals surface area (Å²) in [5.74, 6) is 0.696. The first-order chi connectivity index (χ1) is 18.3. The minimum atomic E-state index is -0.420. The van der Waals surface area contributed by atoms with E-state index in [1.54, 1.807) is 12.3 Å². The zero-order valence-electron chi connectivity index (χ0n) is 21.8. The molecule has 0 N–H and O–H groups in total. The number of rotatable bonds is 11. The van der Waals surface area contributed by atoms with E-state index in [1.165, 1.54) is 12.1 Å². The third-order valence-electron chi connectivity index (χ3n) is 6.33. The molecule has 0 fully saturated rings. The van der Waals surface area contributed by atoms with Gasteiger partial charge in [-0.05, 0) is 48.6 Å². The fourth-order valence-electron chi connectivity index (χ4n) is 4.44. The minimum Gasteiger partial charge on any atom is -0.357 e. The number of nitro groups is 1. The lowest BCUT2D eigenvalue weighted by atomic mass is 9.98. The highest BCUT2D eigenvalue weighted by molar-refractivity contribution is 5.99. The van der Waals surface area contributed by atoms with Crippen molar-refractivity contribution in [2.45, 2.75) is 46.1 Å². The number of aromatic nitrogens is 1. The first-order valence-corrected chi connectivity index (χ1v) is 12.6. The minimum absolute atomic E-state index is 0.0129. The molecule has 194 valence electrons. The van der Waals surface area contributed by atoms with Gasteiger partial charge in [0.05, 0.1) is 16.8 Å². The van der Waals surface area contributed by atoms with Gasteiger partial charge in [-0.25, -0.2) is 0 Å². The Kier molecular flexibility index (Phi) is 8.48. The molecule has 0 amide bonds. The molecule has 0 aliphatic carbocycles. The molecule has 0 unspecified atom stereocenters. The van der Waals surface area contributed by atoms with E-state index in [0.717, 1.165) is 28.1 Å². The van der Waals surface area contributed by atoms with Crippen LogP contribution < -0.4 is 4.84 Å². The molecule has 38 heavy (non-hydrogen) atoms. The monoisotopic (exact) mass is 509 g/mol. The molecule has 4 rings (SSSR count). The van der Waals surface area contributed by atoms with E-state index in [2.05, 4.69) is 35.7 Å². The van der Waals surface area contributed by atoms with Crippen molar-refractivity contribution in [2.75, 3.05) is 0 Å². The number of oxime groups is 1. The molecule has 0 radical (unpaired) electrons. The molecule has 0 saturated carbocycles. The molecule has 0 atom stereocenters. The number of ketones is 1. The van der Waals surface area contributed by atoms with Crippen LogP contribution in [0.3, 0.4) is 0 Å². The second-order valence-corrected chi connectivity index (χ2v) is 9.58. The summed E-state index contributed by atoms with van der Waals surface area (Å²) >= 11 is 0. The Morgan fingerprint density at radius 3 is 2.39 bits per heavy atom. The first-order valence-electron chi connectivity index (χ1n) is 12.6. The van der Waals surface area contributed by atoms with Gasteiger partial charge in [0, 0.05) is 36.4 Å². The molecule has 4 aromatic rings. The second kappa shape index (κ2) is 12.1. The van der Waals surface area contributed by atoms with Gasteiger partial charge in [-0.1, -0.05) is 79.2 Å². The van der Waals surface area contributed by atoms with Gasteiger partial charge in [-0.15, -0.1) is 0 Å². The van der Waals surface area contributed by atoms with Crippen LogP contribution >= 0.6 is 0 Å². The lowest BCUT2D eigenvalue weighted by Gasteiger charge is -2.16. The number of benzene rings is 3. The summed E-state index contributed by atoms with van der Waals surface area (Å²) in [6, 6.07) is 26.0. The highest BCUT2D eigenvalue weighted by Gasteiger charge is 2.22. The predicted molar refractivity (Wildman–Crippen MR) is 149 cm³/mol. The molecule has 0 bridgehead atoms. The standard InChI is InChI=1S/C31H31N3O4/c1-22(2)31-29(30(35)17-14-24-10-7-11-26(18-24)34(36)37)19-27(33(31)21-25-8-5-4-6-9-25)20-32-38-28-15-12-23(3)13-16-28/h4-13,15-16,18-20,22H,14,17,21H2,1-3H3. The van der Waals surface area contributed by atoms with Crippen molar-refractivity contribution in [3.63, 3.8) is 0 Å². The summed E-state index contributed by atoms with van der Waals surface area (Å²) in [5.41, 5.74) is 5.35. The largest absolute Gasteiger partial charge is 0.357 e. The molecule has 0 aliphatic rings. The Morgan fingerprint density at radius 1 is 1.00 bits per heavy atom. The summed E-state index contributed by atoms with van der Waals surface area (Å²) in [4.78, 5) is 29.8. The van der Waals surface area contributed by atoms with E-state index >= 15 is 0 Å². The van der Waals surface area contributed by atoms with Crippen molar-refractivity contribution < 1.29 is 14.6 Å².